The van der Waals surface area contributed by atoms with Gasteiger partial charge < -0.3 is 19.8 Å². The highest BCUT2D eigenvalue weighted by Gasteiger charge is 2.31. The highest BCUT2D eigenvalue weighted by Crippen LogP contribution is 2.17. The smallest absolute Gasteiger partial charge is 0.305 e. The minimum absolute atomic E-state index is 0.116. The van der Waals surface area contributed by atoms with Crippen molar-refractivity contribution in [2.75, 3.05) is 19.8 Å². The summed E-state index contributed by atoms with van der Waals surface area (Å²) in [4.78, 5) is 24.3. The molecule has 1 heterocycles. The van der Waals surface area contributed by atoms with Crippen molar-refractivity contribution in [3.05, 3.63) is 0 Å². The van der Waals surface area contributed by atoms with Gasteiger partial charge in [-0.2, -0.15) is 0 Å². The van der Waals surface area contributed by atoms with E-state index in [9.17, 15) is 14.7 Å². The summed E-state index contributed by atoms with van der Waals surface area (Å²) in [6.07, 6.45) is 1.52. The number of amides is 1. The molecule has 0 radical (unpaired) electrons. The number of nitrogens with zero attached hydrogens (tertiary/aromatic N) is 1. The molecular formula is C12H21NO5. The minimum Gasteiger partial charge on any atom is -0.481 e. The molecule has 0 aromatic carbocycles. The van der Waals surface area contributed by atoms with Crippen LogP contribution in [0.25, 0.3) is 0 Å². The second kappa shape index (κ2) is 7.33. The van der Waals surface area contributed by atoms with E-state index in [1.54, 1.807) is 0 Å². The average molecular weight is 259 g/mol. The topological polar surface area (TPSA) is 87.1 Å². The van der Waals surface area contributed by atoms with Crippen LogP contribution in [0.15, 0.2) is 0 Å². The van der Waals surface area contributed by atoms with Crippen molar-refractivity contribution in [2.45, 2.75) is 44.8 Å². The lowest BCUT2D eigenvalue weighted by Gasteiger charge is -2.31. The van der Waals surface area contributed by atoms with E-state index in [1.807, 2.05) is 6.92 Å². The van der Waals surface area contributed by atoms with Crippen molar-refractivity contribution < 1.29 is 24.5 Å². The van der Waals surface area contributed by atoms with Crippen LogP contribution in [0, 0.1) is 0 Å². The largest absolute Gasteiger partial charge is 0.481 e. The zero-order chi connectivity index (χ0) is 13.5. The summed E-state index contributed by atoms with van der Waals surface area (Å²) in [5, 5.41) is 18.0. The van der Waals surface area contributed by atoms with E-state index in [1.165, 1.54) is 4.90 Å². The Morgan fingerprint density at radius 3 is 2.67 bits per heavy atom. The molecule has 1 rings (SSSR count). The normalized spacial score (nSPS) is 20.7. The van der Waals surface area contributed by atoms with Gasteiger partial charge in [-0.1, -0.05) is 6.92 Å². The second-order valence-electron chi connectivity index (χ2n) is 4.42. The van der Waals surface area contributed by atoms with Gasteiger partial charge in [0.05, 0.1) is 19.1 Å². The van der Waals surface area contributed by atoms with Crippen LogP contribution in [-0.2, 0) is 14.3 Å². The SMILES string of the molecule is CCC(CO)N(CCC(=O)O)C(=O)C1CCCO1. The van der Waals surface area contributed by atoms with Crippen LogP contribution >= 0.6 is 0 Å². The molecule has 0 bridgehead atoms. The summed E-state index contributed by atoms with van der Waals surface area (Å²) in [5.41, 5.74) is 0. The molecule has 1 fully saturated rings. The molecule has 1 aliphatic heterocycles. The number of hydrogen-bond donors (Lipinski definition) is 2. The minimum atomic E-state index is -0.951. The number of carbonyl (C=O) groups excluding carboxylic acids is 1. The van der Waals surface area contributed by atoms with Crippen molar-refractivity contribution in [1.82, 2.24) is 4.90 Å². The Kier molecular flexibility index (Phi) is 6.07. The molecule has 18 heavy (non-hydrogen) atoms. The summed E-state index contributed by atoms with van der Waals surface area (Å²) in [6.45, 7) is 2.39. The molecule has 0 aliphatic carbocycles. The van der Waals surface area contributed by atoms with Crippen molar-refractivity contribution in [3.8, 4) is 0 Å². The molecule has 6 nitrogen and oxygen atoms in total. The Morgan fingerprint density at radius 2 is 2.22 bits per heavy atom. The number of carbonyl (C=O) groups is 2. The van der Waals surface area contributed by atoms with E-state index in [2.05, 4.69) is 0 Å². The lowest BCUT2D eigenvalue weighted by molar-refractivity contribution is -0.146. The summed E-state index contributed by atoms with van der Waals surface area (Å²) in [7, 11) is 0. The van der Waals surface area contributed by atoms with Gasteiger partial charge in [0, 0.05) is 13.2 Å². The fraction of sp³-hybridized carbons (Fsp3) is 0.833. The van der Waals surface area contributed by atoms with Crippen LogP contribution in [0.4, 0.5) is 0 Å². The van der Waals surface area contributed by atoms with Gasteiger partial charge in [-0.3, -0.25) is 9.59 Å². The van der Waals surface area contributed by atoms with Crippen LogP contribution < -0.4 is 0 Å². The molecule has 1 aliphatic rings. The number of ether oxygens (including phenoxy) is 1. The number of carboxylic acid groups (broad SMARTS) is 1. The van der Waals surface area contributed by atoms with Gasteiger partial charge in [0.15, 0.2) is 0 Å². The third-order valence-electron chi connectivity index (χ3n) is 3.18. The molecule has 104 valence electrons. The number of hydrogen-bond acceptors (Lipinski definition) is 4. The van der Waals surface area contributed by atoms with Crippen molar-refractivity contribution in [1.29, 1.82) is 0 Å². The van der Waals surface area contributed by atoms with Crippen LogP contribution in [0.2, 0.25) is 0 Å². The molecule has 2 N–H and O–H groups in total. The lowest BCUT2D eigenvalue weighted by Crippen LogP contribution is -2.47. The lowest BCUT2D eigenvalue weighted by atomic mass is 10.1. The zero-order valence-electron chi connectivity index (χ0n) is 10.7. The molecule has 0 spiro atoms. The van der Waals surface area contributed by atoms with E-state index >= 15 is 0 Å². The number of rotatable bonds is 7. The van der Waals surface area contributed by atoms with Gasteiger partial charge >= 0.3 is 5.97 Å². The molecule has 6 heteroatoms. The van der Waals surface area contributed by atoms with Gasteiger partial charge in [-0.25, -0.2) is 0 Å². The Bertz CT molecular complexity index is 284. The van der Waals surface area contributed by atoms with E-state index in [0.29, 0.717) is 19.4 Å². The predicted octanol–water partition coefficient (Wildman–Crippen LogP) is 0.240. The first-order chi connectivity index (χ1) is 8.60. The molecule has 2 atom stereocenters. The fourth-order valence-electron chi connectivity index (χ4n) is 2.09. The molecular weight excluding hydrogens is 238 g/mol. The monoisotopic (exact) mass is 259 g/mol. The number of carboxylic acids is 1. The molecule has 0 aromatic rings. The molecule has 0 saturated carbocycles. The first-order valence-corrected chi connectivity index (χ1v) is 6.34. The quantitative estimate of drug-likeness (QED) is 0.684. The molecule has 1 amide bonds. The van der Waals surface area contributed by atoms with E-state index < -0.39 is 12.1 Å². The molecule has 0 aromatic heterocycles. The van der Waals surface area contributed by atoms with Crippen LogP contribution in [0.5, 0.6) is 0 Å². The molecule has 1 saturated heterocycles. The zero-order valence-corrected chi connectivity index (χ0v) is 10.7. The third-order valence-corrected chi connectivity index (χ3v) is 3.18. The van der Waals surface area contributed by atoms with E-state index in [4.69, 9.17) is 9.84 Å². The van der Waals surface area contributed by atoms with E-state index in [-0.39, 0.29) is 31.5 Å². The van der Waals surface area contributed by atoms with Crippen LogP contribution in [0.3, 0.4) is 0 Å². The fourth-order valence-corrected chi connectivity index (χ4v) is 2.09. The summed E-state index contributed by atoms with van der Waals surface area (Å²) < 4.78 is 5.32. The van der Waals surface area contributed by atoms with Crippen LogP contribution in [-0.4, -0.2) is 58.9 Å². The van der Waals surface area contributed by atoms with Gasteiger partial charge in [0.2, 0.25) is 0 Å². The standard InChI is InChI=1S/C12H21NO5/c1-2-9(8-14)13(6-5-11(15)16)12(17)10-4-3-7-18-10/h9-10,14H,2-8H2,1H3,(H,15,16). The first kappa shape index (κ1) is 14.9. The maximum absolute atomic E-state index is 12.2. The number of aliphatic hydroxyl groups excluding tert-OH is 1. The Labute approximate surface area is 107 Å². The van der Waals surface area contributed by atoms with Gasteiger partial charge in [0.1, 0.15) is 6.10 Å². The Morgan fingerprint density at radius 1 is 1.50 bits per heavy atom. The number of aliphatic carboxylic acids is 1. The highest BCUT2D eigenvalue weighted by atomic mass is 16.5. The van der Waals surface area contributed by atoms with Gasteiger partial charge in [0.25, 0.3) is 5.91 Å². The van der Waals surface area contributed by atoms with Gasteiger partial charge in [-0.05, 0) is 19.3 Å². The van der Waals surface area contributed by atoms with Crippen molar-refractivity contribution in [3.63, 3.8) is 0 Å². The summed E-state index contributed by atoms with van der Waals surface area (Å²) in [6, 6.07) is -0.332. The summed E-state index contributed by atoms with van der Waals surface area (Å²) >= 11 is 0. The van der Waals surface area contributed by atoms with E-state index in [0.717, 1.165) is 6.42 Å². The average Bonchev–Trinajstić information content (AvgIpc) is 2.87. The van der Waals surface area contributed by atoms with Crippen LogP contribution in [0.1, 0.15) is 32.6 Å². The summed E-state index contributed by atoms with van der Waals surface area (Å²) in [5.74, 6) is -1.15. The van der Waals surface area contributed by atoms with Crippen molar-refractivity contribution in [2.24, 2.45) is 0 Å². The van der Waals surface area contributed by atoms with Gasteiger partial charge in [-0.15, -0.1) is 0 Å². The first-order valence-electron chi connectivity index (χ1n) is 6.34. The third kappa shape index (κ3) is 3.96. The Balaban J connectivity index is 2.67. The predicted molar refractivity (Wildman–Crippen MR) is 64.1 cm³/mol. The maximum Gasteiger partial charge on any atom is 0.305 e. The molecule has 2 unspecified atom stereocenters. The van der Waals surface area contributed by atoms with Crippen molar-refractivity contribution >= 4 is 11.9 Å². The maximum atomic E-state index is 12.2. The number of aliphatic hydroxyl groups is 1. The highest BCUT2D eigenvalue weighted by molar-refractivity contribution is 5.82. The Hall–Kier alpha value is -1.14. The second-order valence-corrected chi connectivity index (χ2v) is 4.42.